The summed E-state index contributed by atoms with van der Waals surface area (Å²) in [4.78, 5) is 78.6. The SMILES string of the molecule is CC1(C)S[C@@H]2C(NC(=O)C(N)c3ccc(O)cc3)C(=O)N2[C@H]1C(=O)OCc1oc(=O)oc1COC(=O)[C@@H]1N2C(=O)C[C@H]2S(=O)(=O)C1(C)C.Cl. The predicted molar refractivity (Wildman–Crippen MR) is 169 cm³/mol. The van der Waals surface area contributed by atoms with Crippen LogP contribution in [0.25, 0.3) is 0 Å². The number of β-lactam (4-membered cyclic amide) rings is 2. The van der Waals surface area contributed by atoms with E-state index in [1.807, 2.05) is 0 Å². The molecule has 6 atom stereocenters. The highest BCUT2D eigenvalue weighted by molar-refractivity contribution is 8.01. The Balaban J connectivity index is 0.00000468. The molecule has 4 saturated heterocycles. The fourth-order valence-corrected chi connectivity index (χ4v) is 10.1. The first-order valence-electron chi connectivity index (χ1n) is 14.7. The topological polar surface area (TPSA) is 246 Å². The summed E-state index contributed by atoms with van der Waals surface area (Å²) in [6.45, 7) is 4.75. The molecule has 2 unspecified atom stereocenters. The van der Waals surface area contributed by atoms with Crippen molar-refractivity contribution < 1.29 is 55.8 Å². The van der Waals surface area contributed by atoms with E-state index in [2.05, 4.69) is 5.32 Å². The van der Waals surface area contributed by atoms with E-state index in [1.165, 1.54) is 54.8 Å². The third-order valence-electron chi connectivity index (χ3n) is 9.11. The number of nitrogens with two attached hydrogens (primary N) is 1. The van der Waals surface area contributed by atoms with Crippen LogP contribution in [0.5, 0.6) is 5.75 Å². The highest BCUT2D eigenvalue weighted by Crippen LogP contribution is 2.51. The summed E-state index contributed by atoms with van der Waals surface area (Å²) in [5.74, 6) is -5.34. The normalized spacial score (nSPS) is 27.5. The molecule has 4 N–H and O–H groups in total. The molecular formula is C29H33ClN4O13S2. The number of rotatable bonds is 9. The molecular weight excluding hydrogens is 712 g/mol. The van der Waals surface area contributed by atoms with Crippen molar-refractivity contribution in [3.05, 3.63) is 52.0 Å². The van der Waals surface area contributed by atoms with Gasteiger partial charge >= 0.3 is 17.8 Å². The molecule has 5 heterocycles. The number of hydrogen-bond donors (Lipinski definition) is 3. The summed E-state index contributed by atoms with van der Waals surface area (Å²) in [5, 5.41) is 10.4. The van der Waals surface area contributed by atoms with Gasteiger partial charge in [-0.15, -0.1) is 24.2 Å². The molecule has 1 aromatic carbocycles. The molecule has 1 aromatic heterocycles. The molecule has 0 spiro atoms. The number of fused-ring (bicyclic) bond motifs is 2. The minimum Gasteiger partial charge on any atom is -0.508 e. The molecule has 17 nitrogen and oxygen atoms in total. The summed E-state index contributed by atoms with van der Waals surface area (Å²) in [7, 11) is -3.86. The van der Waals surface area contributed by atoms with E-state index in [0.717, 1.165) is 4.90 Å². The number of esters is 2. The summed E-state index contributed by atoms with van der Waals surface area (Å²) in [5.41, 5.74) is 6.46. The number of halogens is 1. The number of amides is 3. The molecule has 0 bridgehead atoms. The van der Waals surface area contributed by atoms with Crippen molar-refractivity contribution >= 4 is 63.7 Å². The van der Waals surface area contributed by atoms with E-state index < -0.39 is 103 Å². The zero-order chi connectivity index (χ0) is 35.1. The molecule has 6 rings (SSSR count). The van der Waals surface area contributed by atoms with Crippen LogP contribution >= 0.6 is 24.2 Å². The number of nitrogens with one attached hydrogen (secondary N) is 1. The number of phenolic OH excluding ortho intramolecular Hbond substituents is 1. The fraction of sp³-hybridized carbons (Fsp3) is 0.517. The molecule has 20 heteroatoms. The predicted octanol–water partition coefficient (Wildman–Crippen LogP) is -0.172. The van der Waals surface area contributed by atoms with E-state index >= 15 is 0 Å². The van der Waals surface area contributed by atoms with Crippen molar-refractivity contribution in [2.24, 2.45) is 5.73 Å². The van der Waals surface area contributed by atoms with Gasteiger partial charge in [0.25, 0.3) is 0 Å². The number of carbonyl (C=O) groups excluding carboxylic acids is 5. The van der Waals surface area contributed by atoms with Gasteiger partial charge in [0.2, 0.25) is 17.7 Å². The molecule has 4 fully saturated rings. The van der Waals surface area contributed by atoms with Crippen LogP contribution in [-0.2, 0) is 56.5 Å². The lowest BCUT2D eigenvalue weighted by molar-refractivity contribution is -0.165. The summed E-state index contributed by atoms with van der Waals surface area (Å²) in [6.07, 6.45) is -0.230. The number of nitrogens with zero attached hydrogens (tertiary/aromatic N) is 2. The number of hydrogen-bond acceptors (Lipinski definition) is 15. The van der Waals surface area contributed by atoms with Crippen LogP contribution in [-0.4, -0.2) is 91.4 Å². The number of carbonyl (C=O) groups is 5. The zero-order valence-corrected chi connectivity index (χ0v) is 28.9. The van der Waals surface area contributed by atoms with Gasteiger partial charge in [-0.05, 0) is 45.4 Å². The van der Waals surface area contributed by atoms with Gasteiger partial charge < -0.3 is 44.3 Å². The Labute approximate surface area is 289 Å². The second kappa shape index (κ2) is 12.4. The number of aromatic hydroxyl groups is 1. The smallest absolute Gasteiger partial charge is 0.508 e. The quantitative estimate of drug-likeness (QED) is 0.223. The van der Waals surface area contributed by atoms with Crippen molar-refractivity contribution in [2.75, 3.05) is 0 Å². The van der Waals surface area contributed by atoms with E-state index in [9.17, 15) is 42.3 Å². The molecule has 0 radical (unpaired) electrons. The van der Waals surface area contributed by atoms with Crippen molar-refractivity contribution in [3.8, 4) is 5.75 Å². The summed E-state index contributed by atoms with van der Waals surface area (Å²) >= 11 is 1.27. The number of sulfone groups is 1. The summed E-state index contributed by atoms with van der Waals surface area (Å²) in [6, 6.07) is 1.14. The van der Waals surface area contributed by atoms with Crippen molar-refractivity contribution in [1.82, 2.24) is 15.1 Å². The Kier molecular flexibility index (Phi) is 9.14. The average molecular weight is 745 g/mol. The first-order valence-corrected chi connectivity index (χ1v) is 17.1. The minimum atomic E-state index is -3.86. The van der Waals surface area contributed by atoms with Gasteiger partial charge in [-0.1, -0.05) is 12.1 Å². The Hall–Kier alpha value is -4.07. The fourth-order valence-electron chi connectivity index (χ4n) is 6.40. The van der Waals surface area contributed by atoms with Gasteiger partial charge in [0.05, 0.1) is 11.2 Å². The highest BCUT2D eigenvalue weighted by Gasteiger charge is 2.68. The minimum absolute atomic E-state index is 0. The molecule has 4 aliphatic heterocycles. The Morgan fingerprint density at radius 3 is 2.10 bits per heavy atom. The van der Waals surface area contributed by atoms with Crippen LogP contribution in [0.4, 0.5) is 0 Å². The third-order valence-corrected chi connectivity index (χ3v) is 13.5. The lowest BCUT2D eigenvalue weighted by Crippen LogP contribution is -2.71. The largest absolute Gasteiger partial charge is 0.519 e. The molecule has 266 valence electrons. The van der Waals surface area contributed by atoms with E-state index in [-0.39, 0.29) is 36.1 Å². The van der Waals surface area contributed by atoms with Crippen LogP contribution in [0, 0.1) is 0 Å². The molecule has 3 amide bonds. The maximum absolute atomic E-state index is 13.3. The van der Waals surface area contributed by atoms with E-state index in [1.54, 1.807) is 13.8 Å². The lowest BCUT2D eigenvalue weighted by Gasteiger charge is -2.44. The second-order valence-corrected chi connectivity index (χ2v) is 17.3. The van der Waals surface area contributed by atoms with Crippen molar-refractivity contribution in [1.29, 1.82) is 0 Å². The van der Waals surface area contributed by atoms with Crippen LogP contribution in [0.3, 0.4) is 0 Å². The van der Waals surface area contributed by atoms with Crippen LogP contribution in [0.15, 0.2) is 37.9 Å². The van der Waals surface area contributed by atoms with Crippen LogP contribution < -0.4 is 16.9 Å². The molecule has 2 aromatic rings. The zero-order valence-electron chi connectivity index (χ0n) is 26.4. The Morgan fingerprint density at radius 2 is 1.55 bits per heavy atom. The maximum Gasteiger partial charge on any atom is 0.519 e. The van der Waals surface area contributed by atoms with Gasteiger partial charge in [-0.25, -0.2) is 22.8 Å². The number of phenols is 1. The number of ether oxygens (including phenoxy) is 2. The lowest BCUT2D eigenvalue weighted by atomic mass is 9.95. The Morgan fingerprint density at radius 1 is 1.00 bits per heavy atom. The van der Waals surface area contributed by atoms with Crippen LogP contribution in [0.1, 0.15) is 57.2 Å². The molecule has 0 aliphatic carbocycles. The van der Waals surface area contributed by atoms with E-state index in [0.29, 0.717) is 5.56 Å². The van der Waals surface area contributed by atoms with Crippen molar-refractivity contribution in [2.45, 2.75) is 91.7 Å². The maximum atomic E-state index is 13.3. The van der Waals surface area contributed by atoms with Gasteiger partial charge in [0, 0.05) is 4.75 Å². The highest BCUT2D eigenvalue weighted by atomic mass is 35.5. The first-order chi connectivity index (χ1) is 22.4. The molecule has 4 aliphatic rings. The van der Waals surface area contributed by atoms with Gasteiger partial charge in [0.15, 0.2) is 34.6 Å². The average Bonchev–Trinajstić information content (AvgIpc) is 3.54. The van der Waals surface area contributed by atoms with Gasteiger partial charge in [-0.3, -0.25) is 14.4 Å². The van der Waals surface area contributed by atoms with Gasteiger partial charge in [0.1, 0.15) is 40.7 Å². The molecule has 0 saturated carbocycles. The molecule has 49 heavy (non-hydrogen) atoms. The third kappa shape index (κ3) is 5.75. The monoisotopic (exact) mass is 744 g/mol. The second-order valence-electron chi connectivity index (χ2n) is 12.8. The van der Waals surface area contributed by atoms with E-state index in [4.69, 9.17) is 24.0 Å². The number of thioether (sulfide) groups is 1. The van der Waals surface area contributed by atoms with Crippen molar-refractivity contribution in [3.63, 3.8) is 0 Å². The Bertz CT molecular complexity index is 1890. The van der Waals surface area contributed by atoms with Gasteiger partial charge in [-0.2, -0.15) is 0 Å². The van der Waals surface area contributed by atoms with Crippen LogP contribution in [0.2, 0.25) is 0 Å². The summed E-state index contributed by atoms with van der Waals surface area (Å²) < 4.78 is 43.7. The first kappa shape index (κ1) is 36.2. The standard InChI is InChI=1S/C29H32N4O13S2.ClH/c1-28(2)20(33-23(37)19(24(33)47-28)31-22(36)18(30)12-5-7-13(34)8-6-12)25(38)43-10-14-15(46-27(40)45-14)11-44-26(39)21-29(3,4)48(41,42)17-9-16(35)32(17)21;/h5-8,17-21,24,34H,9-11,30H2,1-4H3,(H,31,36);1H/t17-,18?,19?,20+,21+,24-;/m1./s1. The number of benzene rings is 1.